The van der Waals surface area contributed by atoms with Crippen LogP contribution in [0, 0.1) is 0 Å². The summed E-state index contributed by atoms with van der Waals surface area (Å²) in [6.07, 6.45) is -0.993. The summed E-state index contributed by atoms with van der Waals surface area (Å²) >= 11 is 0. The minimum atomic E-state index is -0.993. The zero-order chi connectivity index (χ0) is 12.6. The Morgan fingerprint density at radius 3 is 1.88 bits per heavy atom. The van der Waals surface area contributed by atoms with Gasteiger partial charge in [-0.15, -0.1) is 0 Å². The van der Waals surface area contributed by atoms with Gasteiger partial charge in [0.25, 0.3) is 0 Å². The highest BCUT2D eigenvalue weighted by atomic mass is 16.3. The van der Waals surface area contributed by atoms with Crippen molar-refractivity contribution in [2.75, 3.05) is 39.5 Å². The van der Waals surface area contributed by atoms with Gasteiger partial charge in [0.15, 0.2) is 0 Å². The summed E-state index contributed by atoms with van der Waals surface area (Å²) in [5.41, 5.74) is 11.0. The third-order valence-electron chi connectivity index (χ3n) is 2.53. The van der Waals surface area contributed by atoms with Gasteiger partial charge < -0.3 is 31.9 Å². The van der Waals surface area contributed by atoms with Crippen molar-refractivity contribution < 1.29 is 20.4 Å². The van der Waals surface area contributed by atoms with Crippen molar-refractivity contribution in [1.29, 1.82) is 0 Å². The van der Waals surface area contributed by atoms with Crippen molar-refractivity contribution >= 4 is 0 Å². The minimum Gasteiger partial charge on any atom is -0.395 e. The molecule has 0 aliphatic heterocycles. The number of rotatable bonds is 9. The molecule has 0 spiro atoms. The molecule has 3 atom stereocenters. The van der Waals surface area contributed by atoms with E-state index in [4.69, 9.17) is 26.8 Å². The molecule has 0 heterocycles. The SMILES string of the molecule is NCC(C(O)C(N)CO)N(CCO)CCO. The first-order valence-electron chi connectivity index (χ1n) is 5.32. The van der Waals surface area contributed by atoms with E-state index in [1.165, 1.54) is 0 Å². The molecule has 16 heavy (non-hydrogen) atoms. The van der Waals surface area contributed by atoms with Gasteiger partial charge in [-0.25, -0.2) is 0 Å². The average molecular weight is 237 g/mol. The monoisotopic (exact) mass is 237 g/mol. The van der Waals surface area contributed by atoms with E-state index < -0.39 is 18.2 Å². The van der Waals surface area contributed by atoms with Crippen LogP contribution < -0.4 is 11.5 Å². The van der Waals surface area contributed by atoms with Gasteiger partial charge in [-0.3, -0.25) is 4.90 Å². The molecule has 0 radical (unpaired) electrons. The Balaban J connectivity index is 4.50. The van der Waals surface area contributed by atoms with Gasteiger partial charge in [0.05, 0.1) is 32.0 Å². The van der Waals surface area contributed by atoms with Crippen molar-refractivity contribution in [3.05, 3.63) is 0 Å². The zero-order valence-corrected chi connectivity index (χ0v) is 9.37. The highest BCUT2D eigenvalue weighted by Crippen LogP contribution is 2.06. The molecule has 0 aliphatic rings. The average Bonchev–Trinajstić information content (AvgIpc) is 2.29. The molecule has 0 fully saturated rings. The summed E-state index contributed by atoms with van der Waals surface area (Å²) in [4.78, 5) is 1.65. The summed E-state index contributed by atoms with van der Waals surface area (Å²) in [6, 6.07) is -1.27. The molecular formula is C9H23N3O4. The van der Waals surface area contributed by atoms with Crippen molar-refractivity contribution in [2.24, 2.45) is 11.5 Å². The molecule has 0 rings (SSSR count). The lowest BCUT2D eigenvalue weighted by Gasteiger charge is -2.35. The number of nitrogens with zero attached hydrogens (tertiary/aromatic N) is 1. The first kappa shape index (κ1) is 15.7. The normalized spacial score (nSPS) is 17.4. The Hall–Kier alpha value is -0.280. The van der Waals surface area contributed by atoms with Crippen LogP contribution in [0.4, 0.5) is 0 Å². The maximum absolute atomic E-state index is 9.83. The molecule has 0 bridgehead atoms. The van der Waals surface area contributed by atoms with Gasteiger partial charge in [-0.1, -0.05) is 0 Å². The van der Waals surface area contributed by atoms with Gasteiger partial charge in [-0.2, -0.15) is 0 Å². The molecule has 0 aliphatic carbocycles. The van der Waals surface area contributed by atoms with Crippen LogP contribution >= 0.6 is 0 Å². The molecule has 0 amide bonds. The van der Waals surface area contributed by atoms with Crippen molar-refractivity contribution in [3.8, 4) is 0 Å². The van der Waals surface area contributed by atoms with E-state index in [0.717, 1.165) is 0 Å². The molecule has 0 aromatic rings. The summed E-state index contributed by atoms with van der Waals surface area (Å²) in [5, 5.41) is 36.4. The van der Waals surface area contributed by atoms with E-state index in [1.54, 1.807) is 4.90 Å². The number of aliphatic hydroxyl groups is 4. The summed E-state index contributed by atoms with van der Waals surface area (Å²) in [7, 11) is 0. The first-order chi connectivity index (χ1) is 7.62. The fraction of sp³-hybridized carbons (Fsp3) is 1.00. The van der Waals surface area contributed by atoms with Gasteiger partial charge in [0, 0.05) is 25.7 Å². The lowest BCUT2D eigenvalue weighted by atomic mass is 10.0. The van der Waals surface area contributed by atoms with Crippen LogP contribution in [-0.2, 0) is 0 Å². The van der Waals surface area contributed by atoms with E-state index in [9.17, 15) is 5.11 Å². The lowest BCUT2D eigenvalue weighted by molar-refractivity contribution is 0.0101. The van der Waals surface area contributed by atoms with Crippen molar-refractivity contribution in [1.82, 2.24) is 4.90 Å². The van der Waals surface area contributed by atoms with Crippen LogP contribution in [0.3, 0.4) is 0 Å². The van der Waals surface area contributed by atoms with E-state index >= 15 is 0 Å². The fourth-order valence-electron chi connectivity index (χ4n) is 1.60. The fourth-order valence-corrected chi connectivity index (χ4v) is 1.60. The smallest absolute Gasteiger partial charge is 0.0880 e. The summed E-state index contributed by atoms with van der Waals surface area (Å²) in [6.45, 7) is 0.170. The van der Waals surface area contributed by atoms with Crippen molar-refractivity contribution in [3.63, 3.8) is 0 Å². The molecule has 98 valence electrons. The van der Waals surface area contributed by atoms with E-state index in [1.807, 2.05) is 0 Å². The molecule has 0 saturated heterocycles. The molecule has 3 unspecified atom stereocenters. The Morgan fingerprint density at radius 1 is 1.06 bits per heavy atom. The second-order valence-electron chi connectivity index (χ2n) is 3.62. The minimum absolute atomic E-state index is 0.0996. The standard InChI is InChI=1S/C9H23N3O4/c10-5-8(9(16)7(11)6-15)12(1-3-13)2-4-14/h7-9,13-16H,1-6,10-11H2. The Labute approximate surface area is 95.3 Å². The van der Waals surface area contributed by atoms with Gasteiger partial charge in [0.2, 0.25) is 0 Å². The van der Waals surface area contributed by atoms with E-state index in [-0.39, 0.29) is 39.5 Å². The number of aliphatic hydroxyl groups excluding tert-OH is 4. The van der Waals surface area contributed by atoms with Gasteiger partial charge >= 0.3 is 0 Å². The van der Waals surface area contributed by atoms with Crippen LogP contribution in [0.15, 0.2) is 0 Å². The molecule has 0 aromatic carbocycles. The van der Waals surface area contributed by atoms with Crippen LogP contribution in [-0.4, -0.2) is 83.0 Å². The van der Waals surface area contributed by atoms with Gasteiger partial charge in [-0.05, 0) is 0 Å². The second kappa shape index (κ2) is 8.82. The summed E-state index contributed by atoms with van der Waals surface area (Å²) < 4.78 is 0. The van der Waals surface area contributed by atoms with E-state index in [2.05, 4.69) is 0 Å². The first-order valence-corrected chi connectivity index (χ1v) is 5.32. The number of nitrogens with two attached hydrogens (primary N) is 2. The van der Waals surface area contributed by atoms with Crippen molar-refractivity contribution in [2.45, 2.75) is 18.2 Å². The zero-order valence-electron chi connectivity index (χ0n) is 9.37. The second-order valence-corrected chi connectivity index (χ2v) is 3.62. The number of hydrogen-bond donors (Lipinski definition) is 6. The lowest BCUT2D eigenvalue weighted by Crippen LogP contribution is -2.57. The topological polar surface area (TPSA) is 136 Å². The van der Waals surface area contributed by atoms with E-state index in [0.29, 0.717) is 0 Å². The highest BCUT2D eigenvalue weighted by Gasteiger charge is 2.28. The van der Waals surface area contributed by atoms with Gasteiger partial charge in [0.1, 0.15) is 0 Å². The largest absolute Gasteiger partial charge is 0.395 e. The Morgan fingerprint density at radius 2 is 1.56 bits per heavy atom. The predicted molar refractivity (Wildman–Crippen MR) is 59.7 cm³/mol. The molecule has 8 N–H and O–H groups in total. The molecule has 7 heteroatoms. The van der Waals surface area contributed by atoms with Crippen LogP contribution in [0.25, 0.3) is 0 Å². The highest BCUT2D eigenvalue weighted by molar-refractivity contribution is 4.86. The van der Waals surface area contributed by atoms with Crippen LogP contribution in [0.1, 0.15) is 0 Å². The molecule has 7 nitrogen and oxygen atoms in total. The maximum atomic E-state index is 9.83. The quantitative estimate of drug-likeness (QED) is 0.243. The molecular weight excluding hydrogens is 214 g/mol. The number of hydrogen-bond acceptors (Lipinski definition) is 7. The summed E-state index contributed by atoms with van der Waals surface area (Å²) in [5.74, 6) is 0. The predicted octanol–water partition coefficient (Wildman–Crippen LogP) is -3.72. The Kier molecular flexibility index (Phi) is 8.67. The third-order valence-corrected chi connectivity index (χ3v) is 2.53. The maximum Gasteiger partial charge on any atom is 0.0880 e. The van der Waals surface area contributed by atoms with Crippen LogP contribution in [0.5, 0.6) is 0 Å². The molecule has 0 aromatic heterocycles. The van der Waals surface area contributed by atoms with Crippen LogP contribution in [0.2, 0.25) is 0 Å². The molecule has 0 saturated carbocycles. The Bertz CT molecular complexity index is 167. The third kappa shape index (κ3) is 4.71.